The second-order valence-corrected chi connectivity index (χ2v) is 6.64. The van der Waals surface area contributed by atoms with Crippen LogP contribution in [-0.2, 0) is 5.41 Å². The summed E-state index contributed by atoms with van der Waals surface area (Å²) in [5.74, 6) is 1.34. The molecule has 1 N–H and O–H groups in total. The fraction of sp³-hybridized carbons (Fsp3) is 0.600. The van der Waals surface area contributed by atoms with E-state index in [4.69, 9.17) is 0 Å². The van der Waals surface area contributed by atoms with Crippen LogP contribution in [0, 0.1) is 5.92 Å². The molecule has 1 unspecified atom stereocenters. The third kappa shape index (κ3) is 2.26. The van der Waals surface area contributed by atoms with Gasteiger partial charge in [0.25, 0.3) is 0 Å². The van der Waals surface area contributed by atoms with Gasteiger partial charge in [-0.25, -0.2) is 9.50 Å². The third-order valence-electron chi connectivity index (χ3n) is 3.98. The summed E-state index contributed by atoms with van der Waals surface area (Å²) in [7, 11) is 0. The van der Waals surface area contributed by atoms with Crippen molar-refractivity contribution in [1.29, 1.82) is 0 Å². The van der Waals surface area contributed by atoms with Gasteiger partial charge in [0.15, 0.2) is 5.82 Å². The Balaban J connectivity index is 2.01. The molecule has 0 bridgehead atoms. The minimum Gasteiger partial charge on any atom is -0.396 e. The lowest BCUT2D eigenvalue weighted by Crippen LogP contribution is -2.22. The number of aliphatic hydroxyl groups is 1. The van der Waals surface area contributed by atoms with Crippen LogP contribution in [0.4, 0.5) is 5.82 Å². The molecule has 0 saturated carbocycles. The number of anilines is 1. The van der Waals surface area contributed by atoms with Crippen LogP contribution in [0.1, 0.15) is 32.9 Å². The second-order valence-electron chi connectivity index (χ2n) is 6.64. The highest BCUT2D eigenvalue weighted by Gasteiger charge is 2.26. The molecule has 2 aromatic rings. The van der Waals surface area contributed by atoms with Crippen molar-refractivity contribution in [3.8, 4) is 0 Å². The van der Waals surface area contributed by atoms with Crippen LogP contribution < -0.4 is 4.90 Å². The predicted octanol–water partition coefficient (Wildman–Crippen LogP) is 1.85. The summed E-state index contributed by atoms with van der Waals surface area (Å²) >= 11 is 0. The molecule has 3 rings (SSSR count). The maximum Gasteiger partial charge on any atom is 0.154 e. The highest BCUT2D eigenvalue weighted by Crippen LogP contribution is 2.29. The quantitative estimate of drug-likeness (QED) is 0.908. The summed E-state index contributed by atoms with van der Waals surface area (Å²) in [6.45, 7) is 8.58. The molecule has 108 valence electrons. The molecule has 1 saturated heterocycles. The van der Waals surface area contributed by atoms with Gasteiger partial charge in [0, 0.05) is 43.4 Å². The van der Waals surface area contributed by atoms with Gasteiger partial charge in [0.2, 0.25) is 0 Å². The molecule has 1 aliphatic heterocycles. The van der Waals surface area contributed by atoms with E-state index in [-0.39, 0.29) is 12.0 Å². The Kier molecular flexibility index (Phi) is 3.17. The Morgan fingerprint density at radius 2 is 2.20 bits per heavy atom. The van der Waals surface area contributed by atoms with Gasteiger partial charge >= 0.3 is 0 Å². The van der Waals surface area contributed by atoms with Crippen molar-refractivity contribution in [2.24, 2.45) is 5.92 Å². The first kappa shape index (κ1) is 13.4. The molecule has 2 aromatic heterocycles. The fourth-order valence-electron chi connectivity index (χ4n) is 2.69. The number of hydrogen-bond donors (Lipinski definition) is 1. The maximum absolute atomic E-state index is 9.29. The van der Waals surface area contributed by atoms with E-state index in [2.05, 4.69) is 41.8 Å². The molecule has 3 heterocycles. The Morgan fingerprint density at radius 3 is 2.85 bits per heavy atom. The van der Waals surface area contributed by atoms with Crippen LogP contribution >= 0.6 is 0 Å². The van der Waals surface area contributed by atoms with E-state index in [1.165, 1.54) is 0 Å². The van der Waals surface area contributed by atoms with Crippen LogP contribution in [0.15, 0.2) is 18.5 Å². The van der Waals surface area contributed by atoms with E-state index < -0.39 is 0 Å². The number of nitrogens with zero attached hydrogens (tertiary/aromatic N) is 4. The van der Waals surface area contributed by atoms with Gasteiger partial charge in [-0.15, -0.1) is 0 Å². The van der Waals surface area contributed by atoms with Crippen molar-refractivity contribution in [3.05, 3.63) is 24.2 Å². The highest BCUT2D eigenvalue weighted by molar-refractivity contribution is 5.69. The van der Waals surface area contributed by atoms with Gasteiger partial charge < -0.3 is 10.0 Å². The van der Waals surface area contributed by atoms with Crippen LogP contribution in [0.5, 0.6) is 0 Å². The standard InChI is InChI=1S/C15H22N4O/c1-15(2,3)13-8-12-14(16-5-7-19(12)17-13)18-6-4-11(9-18)10-20/h5,7-8,11,20H,4,6,9-10H2,1-3H3. The molecule has 0 radical (unpaired) electrons. The van der Waals surface area contributed by atoms with Gasteiger partial charge in [0.05, 0.1) is 5.69 Å². The van der Waals surface area contributed by atoms with E-state index >= 15 is 0 Å². The molecule has 0 aromatic carbocycles. The van der Waals surface area contributed by atoms with E-state index in [9.17, 15) is 5.11 Å². The lowest BCUT2D eigenvalue weighted by Gasteiger charge is -2.17. The average Bonchev–Trinajstić information content (AvgIpc) is 3.04. The number of aliphatic hydroxyl groups excluding tert-OH is 1. The Hall–Kier alpha value is -1.62. The zero-order chi connectivity index (χ0) is 14.3. The molecule has 1 aliphatic rings. The van der Waals surface area contributed by atoms with Gasteiger partial charge in [-0.1, -0.05) is 20.8 Å². The van der Waals surface area contributed by atoms with Crippen molar-refractivity contribution < 1.29 is 5.11 Å². The summed E-state index contributed by atoms with van der Waals surface area (Å²) in [4.78, 5) is 6.79. The summed E-state index contributed by atoms with van der Waals surface area (Å²) < 4.78 is 1.91. The summed E-state index contributed by atoms with van der Waals surface area (Å²) in [5, 5.41) is 13.9. The Labute approximate surface area is 119 Å². The van der Waals surface area contributed by atoms with Crippen LogP contribution in [0.3, 0.4) is 0 Å². The first-order chi connectivity index (χ1) is 9.49. The molecule has 1 atom stereocenters. The molecule has 5 heteroatoms. The number of rotatable bonds is 2. The molecule has 0 aliphatic carbocycles. The summed E-state index contributed by atoms with van der Waals surface area (Å²) in [6, 6.07) is 2.13. The van der Waals surface area contributed by atoms with E-state index in [0.29, 0.717) is 5.92 Å². The number of aromatic nitrogens is 3. The van der Waals surface area contributed by atoms with Crippen molar-refractivity contribution in [2.75, 3.05) is 24.6 Å². The van der Waals surface area contributed by atoms with Crippen molar-refractivity contribution in [1.82, 2.24) is 14.6 Å². The van der Waals surface area contributed by atoms with E-state index in [1.54, 1.807) is 6.20 Å². The molecular weight excluding hydrogens is 252 g/mol. The van der Waals surface area contributed by atoms with Crippen LogP contribution in [-0.4, -0.2) is 39.4 Å². The van der Waals surface area contributed by atoms with Crippen LogP contribution in [0.25, 0.3) is 5.52 Å². The van der Waals surface area contributed by atoms with Gasteiger partial charge in [0.1, 0.15) is 5.52 Å². The van der Waals surface area contributed by atoms with Gasteiger partial charge in [-0.05, 0) is 12.5 Å². The molecule has 0 spiro atoms. The highest BCUT2D eigenvalue weighted by atomic mass is 16.3. The third-order valence-corrected chi connectivity index (χ3v) is 3.98. The van der Waals surface area contributed by atoms with Crippen molar-refractivity contribution in [3.63, 3.8) is 0 Å². The van der Waals surface area contributed by atoms with Crippen molar-refractivity contribution >= 4 is 11.3 Å². The smallest absolute Gasteiger partial charge is 0.154 e. The molecule has 0 amide bonds. The largest absolute Gasteiger partial charge is 0.396 e. The number of hydrogen-bond acceptors (Lipinski definition) is 4. The maximum atomic E-state index is 9.29. The molecule has 20 heavy (non-hydrogen) atoms. The minimum atomic E-state index is 0.0297. The minimum absolute atomic E-state index is 0.0297. The molecule has 1 fully saturated rings. The SMILES string of the molecule is CC(C)(C)c1cc2c(N3CCC(CO)C3)nccn2n1. The van der Waals surface area contributed by atoms with Gasteiger partial charge in [-0.3, -0.25) is 0 Å². The predicted molar refractivity (Wildman–Crippen MR) is 79.1 cm³/mol. The summed E-state index contributed by atoms with van der Waals surface area (Å²) in [5.41, 5.74) is 2.16. The van der Waals surface area contributed by atoms with E-state index in [1.807, 2.05) is 10.7 Å². The first-order valence-electron chi connectivity index (χ1n) is 7.19. The second kappa shape index (κ2) is 4.74. The van der Waals surface area contributed by atoms with Crippen molar-refractivity contribution in [2.45, 2.75) is 32.6 Å². The average molecular weight is 274 g/mol. The van der Waals surface area contributed by atoms with Gasteiger partial charge in [-0.2, -0.15) is 5.10 Å². The lowest BCUT2D eigenvalue weighted by molar-refractivity contribution is 0.238. The van der Waals surface area contributed by atoms with E-state index in [0.717, 1.165) is 36.5 Å². The normalized spacial score (nSPS) is 20.0. The zero-order valence-corrected chi connectivity index (χ0v) is 12.4. The monoisotopic (exact) mass is 274 g/mol. The molecular formula is C15H22N4O. The lowest BCUT2D eigenvalue weighted by atomic mass is 9.92. The molecule has 5 nitrogen and oxygen atoms in total. The first-order valence-corrected chi connectivity index (χ1v) is 7.19. The fourth-order valence-corrected chi connectivity index (χ4v) is 2.69. The summed E-state index contributed by atoms with van der Waals surface area (Å²) in [6.07, 6.45) is 4.72. The zero-order valence-electron chi connectivity index (χ0n) is 12.4. The van der Waals surface area contributed by atoms with Crippen LogP contribution in [0.2, 0.25) is 0 Å². The Bertz CT molecular complexity index is 614. The number of fused-ring (bicyclic) bond motifs is 1. The topological polar surface area (TPSA) is 53.7 Å². The Morgan fingerprint density at radius 1 is 1.40 bits per heavy atom.